The normalized spacial score (nSPS) is 2.50. The summed E-state index contributed by atoms with van der Waals surface area (Å²) >= 11 is 6.67. The summed E-state index contributed by atoms with van der Waals surface area (Å²) < 4.78 is 13.6. The van der Waals surface area contributed by atoms with Crippen LogP contribution in [0.25, 0.3) is 0 Å². The minimum absolute atomic E-state index is 0. The Balaban J connectivity index is -0.00000000900. The fourth-order valence-corrected chi connectivity index (χ4v) is 0. The Hall–Kier alpha value is 0.110. The quantitative estimate of drug-likeness (QED) is 0.460. The molecule has 6 heavy (non-hydrogen) atoms. The Morgan fingerprint density at radius 1 is 1.33 bits per heavy atom. The van der Waals surface area contributed by atoms with Crippen LogP contribution >= 0.6 is 12.2 Å². The summed E-state index contributed by atoms with van der Waals surface area (Å²) in [7, 11) is 1.25. The van der Waals surface area contributed by atoms with E-state index in [4.69, 9.17) is 5.58 Å². The first-order chi connectivity index (χ1) is 3.00. The standard InChI is InChI=1S/CH2S.2CH4.OS/c1-2;;;1-2/h1H2;2*1H4;/i;1D;;. The minimum atomic E-state index is 0. The molecule has 3 heteroatoms. The first-order valence-corrected chi connectivity index (χ1v) is 1.37. The molecule has 0 spiro atoms. The highest BCUT2D eigenvalue weighted by atomic mass is 32.1. The lowest BCUT2D eigenvalue weighted by molar-refractivity contribution is 0.702. The van der Waals surface area contributed by atoms with Gasteiger partial charge in [-0.25, -0.2) is 0 Å². The van der Waals surface area contributed by atoms with Crippen molar-refractivity contribution in [2.75, 3.05) is 0 Å². The van der Waals surface area contributed by atoms with Crippen molar-refractivity contribution in [1.29, 1.82) is 0 Å². The molecule has 0 aromatic heterocycles. The Labute approximate surface area is 51.7 Å². The average Bonchev–Trinajstić information content (AvgIpc) is 1.81. The number of hydrogen-bond donors (Lipinski definition) is 0. The van der Waals surface area contributed by atoms with Gasteiger partial charge < -0.3 is 0 Å². The van der Waals surface area contributed by atoms with Gasteiger partial charge in [0.15, 0.2) is 12.5 Å². The zero-order valence-electron chi connectivity index (χ0n) is 3.93. The molecule has 0 amide bonds. The van der Waals surface area contributed by atoms with E-state index in [0.29, 0.717) is 0 Å². The molecule has 0 aliphatic carbocycles. The van der Waals surface area contributed by atoms with Crippen LogP contribution in [-0.2, 0) is 12.5 Å². The van der Waals surface area contributed by atoms with Gasteiger partial charge in [0.2, 0.25) is 0 Å². The molecule has 40 valence electrons. The zero-order valence-corrected chi connectivity index (χ0v) is 4.56. The van der Waals surface area contributed by atoms with Crippen LogP contribution in [0.4, 0.5) is 0 Å². The fourth-order valence-electron chi connectivity index (χ4n) is 0. The molecule has 0 rings (SSSR count). The van der Waals surface area contributed by atoms with Crippen molar-refractivity contribution in [3.63, 3.8) is 0 Å². The van der Waals surface area contributed by atoms with Gasteiger partial charge in [0.05, 0.1) is 0 Å². The molecule has 0 saturated carbocycles. The predicted molar refractivity (Wildman–Crippen MR) is 36.3 cm³/mol. The highest BCUT2D eigenvalue weighted by Gasteiger charge is 0.734. The van der Waals surface area contributed by atoms with Gasteiger partial charge in [0.25, 0.3) is 0 Å². The van der Waals surface area contributed by atoms with E-state index in [1.54, 1.807) is 0 Å². The predicted octanol–water partition coefficient (Wildman–Crippen LogP) is 1.55. The largest absolute Gasteiger partial charge is 0.197 e. The topological polar surface area (TPSA) is 17.1 Å². The van der Waals surface area contributed by atoms with Crippen LogP contribution in [0.3, 0.4) is 0 Å². The summed E-state index contributed by atoms with van der Waals surface area (Å²) in [6.45, 7) is 0. The lowest BCUT2D eigenvalue weighted by Crippen LogP contribution is -0.894. The van der Waals surface area contributed by atoms with Crippen LogP contribution in [0.1, 0.15) is 16.2 Å². The number of rotatable bonds is 0. The summed E-state index contributed by atoms with van der Waals surface area (Å²) in [5, 5.41) is 0. The molecular weight excluding hydrogens is 116 g/mol. The second kappa shape index (κ2) is 7130. The van der Waals surface area contributed by atoms with E-state index in [-0.39, 0.29) is 7.43 Å². The van der Waals surface area contributed by atoms with Crippen molar-refractivity contribution in [2.24, 2.45) is 0 Å². The second-order valence-corrected chi connectivity index (χ2v) is 0. The molecular formula is C3H10OS2. The van der Waals surface area contributed by atoms with Gasteiger partial charge in [0.1, 0.15) is 0 Å². The van der Waals surface area contributed by atoms with E-state index >= 15 is 0 Å². The van der Waals surface area contributed by atoms with E-state index < -0.39 is 0 Å². The molecule has 0 atom stereocenters. The lowest BCUT2D eigenvalue weighted by Gasteiger charge is -0.774. The van der Waals surface area contributed by atoms with Crippen LogP contribution in [0.2, 0.25) is 0 Å². The van der Waals surface area contributed by atoms with Gasteiger partial charge in [-0.15, -0.1) is 0 Å². The van der Waals surface area contributed by atoms with Crippen molar-refractivity contribution in [3.05, 3.63) is 0 Å². The molecule has 0 aromatic rings. The molecule has 0 aliphatic rings. The van der Waals surface area contributed by atoms with E-state index in [0.717, 1.165) is 0 Å². The van der Waals surface area contributed by atoms with Crippen LogP contribution in [0.15, 0.2) is 0 Å². The molecule has 0 aliphatic heterocycles. The highest BCUT2D eigenvalue weighted by molar-refractivity contribution is 7.77. The van der Waals surface area contributed by atoms with Gasteiger partial charge in [-0.1, -0.05) is 27.0 Å². The SMILES string of the molecule is C.C=S.O=S.[2H]C. The number of hydrogen-bond acceptors (Lipinski definition) is 3. The fraction of sp³-hybridized carbons (Fsp3) is 0.667. The van der Waals surface area contributed by atoms with Gasteiger partial charge in [0, 0.05) is 1.37 Å². The smallest absolute Gasteiger partial charge is 0.197 e. The molecule has 0 N–H and O–H groups in total. The van der Waals surface area contributed by atoms with E-state index in [1.165, 1.54) is 7.40 Å². The molecule has 0 unspecified atom stereocenters. The Kier molecular flexibility index (Phi) is 19600. The van der Waals surface area contributed by atoms with Crippen LogP contribution in [-0.4, -0.2) is 10.1 Å². The lowest BCUT2D eigenvalue weighted by atomic mass is 12.0. The third kappa shape index (κ3) is 3290. The first kappa shape index (κ1) is 16.5. The Bertz CT molecular complexity index is 14.9. The van der Waals surface area contributed by atoms with E-state index in [2.05, 4.69) is 30.6 Å². The Morgan fingerprint density at radius 3 is 1.33 bits per heavy atom. The Morgan fingerprint density at radius 2 is 1.33 bits per heavy atom. The molecule has 0 saturated heterocycles. The van der Waals surface area contributed by atoms with Crippen molar-refractivity contribution in [2.45, 2.75) is 14.8 Å². The molecule has 0 aromatic carbocycles. The van der Waals surface area contributed by atoms with Crippen molar-refractivity contribution in [1.82, 2.24) is 0 Å². The highest BCUT2D eigenvalue weighted by Crippen LogP contribution is 1.03. The zero-order chi connectivity index (χ0) is 6.00. The van der Waals surface area contributed by atoms with Crippen LogP contribution < -0.4 is 0 Å². The summed E-state index contributed by atoms with van der Waals surface area (Å²) in [4.78, 5) is 0. The van der Waals surface area contributed by atoms with Crippen LogP contribution in [0.5, 0.6) is 0 Å². The molecule has 0 heterocycles. The molecule has 0 bridgehead atoms. The van der Waals surface area contributed by atoms with E-state index in [9.17, 15) is 0 Å². The van der Waals surface area contributed by atoms with Crippen molar-refractivity contribution < 1.29 is 5.58 Å². The van der Waals surface area contributed by atoms with Gasteiger partial charge in [-0.05, 0) is 5.87 Å². The summed E-state index contributed by atoms with van der Waals surface area (Å²) in [6.07, 6.45) is 0. The summed E-state index contributed by atoms with van der Waals surface area (Å²) in [5.41, 5.74) is 0. The third-order valence-electron chi connectivity index (χ3n) is 0. The molecule has 0 fully saturated rings. The van der Waals surface area contributed by atoms with Crippen molar-refractivity contribution in [3.8, 4) is 0 Å². The average molecular weight is 127 g/mol. The van der Waals surface area contributed by atoms with E-state index in [1.807, 2.05) is 0 Å². The van der Waals surface area contributed by atoms with Gasteiger partial charge >= 0.3 is 0 Å². The minimum Gasteiger partial charge on any atom is -0.197 e. The number of thiocarbonyl (C=S) groups is 1. The van der Waals surface area contributed by atoms with Crippen LogP contribution in [0, 0.1) is 0 Å². The van der Waals surface area contributed by atoms with Gasteiger partial charge in [-0.2, -0.15) is 4.21 Å². The molecule has 1 nitrogen and oxygen atoms in total. The van der Waals surface area contributed by atoms with Gasteiger partial charge in [-0.3, -0.25) is 0 Å². The van der Waals surface area contributed by atoms with Crippen molar-refractivity contribution >= 4 is 30.6 Å². The third-order valence-corrected chi connectivity index (χ3v) is 0. The summed E-state index contributed by atoms with van der Waals surface area (Å²) in [5.74, 6) is 2.83. The maximum absolute atomic E-state index is 7.83. The maximum atomic E-state index is 7.83. The first-order valence-electron chi connectivity index (χ1n) is 1.46. The summed E-state index contributed by atoms with van der Waals surface area (Å²) in [6, 6.07) is 0. The monoisotopic (exact) mass is 127 g/mol. The second-order valence-electron chi connectivity index (χ2n) is 0. The molecule has 0 radical (unpaired) electrons. The maximum Gasteiger partial charge on any atom is 0.197 e.